The molecule has 0 aliphatic heterocycles. The van der Waals surface area contributed by atoms with Crippen LogP contribution in [0, 0.1) is 0 Å². The molecule has 2 aromatic heterocycles. The number of nitrogens with zero attached hydrogens (tertiary/aromatic N) is 3. The average Bonchev–Trinajstić information content (AvgIpc) is 3.27. The van der Waals surface area contributed by atoms with Crippen molar-refractivity contribution >= 4 is 33.6 Å². The molecule has 0 unspecified atom stereocenters. The molecule has 1 aliphatic rings. The summed E-state index contributed by atoms with van der Waals surface area (Å²) in [4.78, 5) is 15.0. The van der Waals surface area contributed by atoms with Crippen molar-refractivity contribution in [1.82, 2.24) is 20.3 Å². The fourth-order valence-corrected chi connectivity index (χ4v) is 4.64. The molecule has 0 bridgehead atoms. The second-order valence-corrected chi connectivity index (χ2v) is 8.72. The summed E-state index contributed by atoms with van der Waals surface area (Å²) in [6, 6.07) is 17.8. The predicted molar refractivity (Wildman–Crippen MR) is 129 cm³/mol. The Labute approximate surface area is 183 Å². The summed E-state index contributed by atoms with van der Waals surface area (Å²) in [5.74, 6) is 1.69. The van der Waals surface area contributed by atoms with E-state index in [9.17, 15) is 0 Å². The fraction of sp³-hybridized carbons (Fsp3) is 0.360. The lowest BCUT2D eigenvalue weighted by molar-refractivity contribution is 0.352. The van der Waals surface area contributed by atoms with Gasteiger partial charge in [-0.15, -0.1) is 0 Å². The number of H-pyrrole nitrogens is 1. The minimum atomic E-state index is 0.418. The number of para-hydroxylation sites is 2. The lowest BCUT2D eigenvalue weighted by Crippen LogP contribution is -2.37. The second kappa shape index (κ2) is 8.55. The van der Waals surface area contributed by atoms with E-state index >= 15 is 0 Å². The van der Waals surface area contributed by atoms with Crippen molar-refractivity contribution in [1.29, 1.82) is 0 Å². The van der Waals surface area contributed by atoms with Gasteiger partial charge in [0, 0.05) is 49.8 Å². The van der Waals surface area contributed by atoms with Gasteiger partial charge in [0.2, 0.25) is 5.95 Å². The Hall–Kier alpha value is -3.12. The molecule has 6 nitrogen and oxygen atoms in total. The molecule has 0 radical (unpaired) electrons. The monoisotopic (exact) mass is 414 g/mol. The van der Waals surface area contributed by atoms with E-state index in [-0.39, 0.29) is 0 Å². The van der Waals surface area contributed by atoms with E-state index in [1.54, 1.807) is 0 Å². The largest absolute Gasteiger partial charge is 0.362 e. The van der Waals surface area contributed by atoms with Gasteiger partial charge in [-0.05, 0) is 54.8 Å². The minimum Gasteiger partial charge on any atom is -0.362 e. The molecule has 0 saturated heterocycles. The lowest BCUT2D eigenvalue weighted by atomic mass is 9.91. The van der Waals surface area contributed by atoms with Gasteiger partial charge in [0.25, 0.3) is 0 Å². The van der Waals surface area contributed by atoms with Gasteiger partial charge in [0.1, 0.15) is 5.82 Å². The minimum absolute atomic E-state index is 0.418. The maximum absolute atomic E-state index is 4.80. The van der Waals surface area contributed by atoms with Crippen LogP contribution in [0.2, 0.25) is 0 Å². The Balaban J connectivity index is 1.20. The van der Waals surface area contributed by atoms with Crippen molar-refractivity contribution in [2.45, 2.75) is 44.3 Å². The van der Waals surface area contributed by atoms with Crippen LogP contribution < -0.4 is 15.5 Å². The maximum Gasteiger partial charge on any atom is 0.225 e. The first kappa shape index (κ1) is 19.8. The lowest BCUT2D eigenvalue weighted by Gasteiger charge is -2.30. The highest BCUT2D eigenvalue weighted by Crippen LogP contribution is 2.26. The van der Waals surface area contributed by atoms with Crippen LogP contribution in [0.5, 0.6) is 0 Å². The van der Waals surface area contributed by atoms with Gasteiger partial charge < -0.3 is 20.5 Å². The van der Waals surface area contributed by atoms with Gasteiger partial charge in [-0.25, -0.2) is 4.98 Å². The summed E-state index contributed by atoms with van der Waals surface area (Å²) in [6.45, 7) is 0.903. The highest BCUT2D eigenvalue weighted by molar-refractivity contribution is 5.90. The molecular formula is C25H30N6. The quantitative estimate of drug-likeness (QED) is 0.427. The van der Waals surface area contributed by atoms with E-state index in [2.05, 4.69) is 56.9 Å². The molecule has 0 atom stereocenters. The molecule has 31 heavy (non-hydrogen) atoms. The van der Waals surface area contributed by atoms with Gasteiger partial charge in [-0.3, -0.25) is 0 Å². The van der Waals surface area contributed by atoms with Crippen LogP contribution in [0.1, 0.15) is 31.2 Å². The number of anilines is 2. The third-order valence-corrected chi connectivity index (χ3v) is 6.32. The summed E-state index contributed by atoms with van der Waals surface area (Å²) in [5.41, 5.74) is 3.57. The molecule has 4 aromatic rings. The van der Waals surface area contributed by atoms with Crippen molar-refractivity contribution in [3.05, 3.63) is 60.3 Å². The molecule has 1 saturated carbocycles. The van der Waals surface area contributed by atoms with Crippen LogP contribution in [-0.4, -0.2) is 41.1 Å². The second-order valence-electron chi connectivity index (χ2n) is 8.72. The van der Waals surface area contributed by atoms with Crippen LogP contribution in [0.15, 0.2) is 54.7 Å². The molecular weight excluding hydrogens is 384 g/mol. The Morgan fingerprint density at radius 3 is 2.58 bits per heavy atom. The molecule has 6 heteroatoms. The van der Waals surface area contributed by atoms with Crippen LogP contribution >= 0.6 is 0 Å². The summed E-state index contributed by atoms with van der Waals surface area (Å²) < 4.78 is 0. The molecule has 1 fully saturated rings. The van der Waals surface area contributed by atoms with E-state index in [4.69, 9.17) is 9.97 Å². The summed E-state index contributed by atoms with van der Waals surface area (Å²) in [7, 11) is 4.06. The summed E-state index contributed by atoms with van der Waals surface area (Å²) in [6.07, 6.45) is 6.58. The Morgan fingerprint density at radius 2 is 1.74 bits per heavy atom. The number of hydrogen-bond acceptors (Lipinski definition) is 5. The van der Waals surface area contributed by atoms with E-state index < -0.39 is 0 Å². The smallest absolute Gasteiger partial charge is 0.225 e. The molecule has 3 N–H and O–H groups in total. The van der Waals surface area contributed by atoms with E-state index in [1.807, 2.05) is 32.4 Å². The van der Waals surface area contributed by atoms with Crippen molar-refractivity contribution in [2.24, 2.45) is 0 Å². The number of fused-ring (bicyclic) bond motifs is 2. The average molecular weight is 415 g/mol. The zero-order chi connectivity index (χ0) is 21.2. The first-order valence-electron chi connectivity index (χ1n) is 11.2. The maximum atomic E-state index is 4.80. The first-order valence-corrected chi connectivity index (χ1v) is 11.2. The zero-order valence-electron chi connectivity index (χ0n) is 18.2. The van der Waals surface area contributed by atoms with Gasteiger partial charge in [0.15, 0.2) is 0 Å². The van der Waals surface area contributed by atoms with Crippen LogP contribution in [0.3, 0.4) is 0 Å². The number of rotatable bonds is 6. The molecule has 0 amide bonds. The zero-order valence-corrected chi connectivity index (χ0v) is 18.2. The van der Waals surface area contributed by atoms with Gasteiger partial charge in [-0.2, -0.15) is 4.98 Å². The first-order chi connectivity index (χ1) is 15.2. The number of aromatic nitrogens is 3. The molecule has 2 aromatic carbocycles. The Morgan fingerprint density at radius 1 is 0.935 bits per heavy atom. The normalized spacial score (nSPS) is 19.0. The van der Waals surface area contributed by atoms with Crippen LogP contribution in [-0.2, 0) is 6.54 Å². The van der Waals surface area contributed by atoms with E-state index in [0.717, 1.165) is 54.9 Å². The standard InChI is InChI=1S/C25H30N6/c1-31(2)24-21-8-3-4-9-22(21)29-25(30-24)28-20-12-10-19(11-13-20)27-16-18-7-5-6-17-14-15-26-23(17)18/h3-9,14-15,19-20,26-27H,10-13,16H2,1-2H3,(H,28,29,30)/t19-,20+. The highest BCUT2D eigenvalue weighted by atomic mass is 15.2. The SMILES string of the molecule is CN(C)c1nc(N[C@H]2CC[C@@H](NCc3cccc4cc[nH]c34)CC2)nc2ccccc12. The van der Waals surface area contributed by atoms with Crippen molar-refractivity contribution in [2.75, 3.05) is 24.3 Å². The Kier molecular flexibility index (Phi) is 5.47. The molecule has 1 aliphatic carbocycles. The van der Waals surface area contributed by atoms with Crippen molar-refractivity contribution in [3.8, 4) is 0 Å². The van der Waals surface area contributed by atoms with Gasteiger partial charge >= 0.3 is 0 Å². The summed E-state index contributed by atoms with van der Waals surface area (Å²) >= 11 is 0. The van der Waals surface area contributed by atoms with Crippen molar-refractivity contribution < 1.29 is 0 Å². The Bertz CT molecular complexity index is 1170. The highest BCUT2D eigenvalue weighted by Gasteiger charge is 2.22. The van der Waals surface area contributed by atoms with E-state index in [0.29, 0.717) is 12.1 Å². The molecule has 5 rings (SSSR count). The number of aromatic amines is 1. The topological polar surface area (TPSA) is 68.9 Å². The van der Waals surface area contributed by atoms with Gasteiger partial charge in [-0.1, -0.05) is 30.3 Å². The van der Waals surface area contributed by atoms with Crippen LogP contribution in [0.4, 0.5) is 11.8 Å². The third-order valence-electron chi connectivity index (χ3n) is 6.32. The molecule has 0 spiro atoms. The van der Waals surface area contributed by atoms with Crippen LogP contribution in [0.25, 0.3) is 21.8 Å². The third kappa shape index (κ3) is 4.21. The summed E-state index contributed by atoms with van der Waals surface area (Å²) in [5, 5.41) is 9.73. The number of nitrogens with one attached hydrogen (secondary N) is 3. The van der Waals surface area contributed by atoms with Crippen molar-refractivity contribution in [3.63, 3.8) is 0 Å². The van der Waals surface area contributed by atoms with E-state index in [1.165, 1.54) is 16.5 Å². The predicted octanol–water partition coefficient (Wildman–Crippen LogP) is 4.69. The molecule has 2 heterocycles. The molecule has 160 valence electrons. The fourth-order valence-electron chi connectivity index (χ4n) is 4.64. The van der Waals surface area contributed by atoms with Gasteiger partial charge in [0.05, 0.1) is 5.52 Å². The number of hydrogen-bond donors (Lipinski definition) is 3. The number of benzene rings is 2.